The van der Waals surface area contributed by atoms with Crippen molar-refractivity contribution in [2.24, 2.45) is 0 Å². The molecule has 5 nitrogen and oxygen atoms in total. The molecule has 1 aromatic carbocycles. The molecule has 0 N–H and O–H groups in total. The summed E-state index contributed by atoms with van der Waals surface area (Å²) in [5.74, 6) is -0.0812. The molecule has 3 heterocycles. The minimum atomic E-state index is -0.163. The highest BCUT2D eigenvalue weighted by molar-refractivity contribution is 7.15. The Hall–Kier alpha value is -2.25. The van der Waals surface area contributed by atoms with Gasteiger partial charge in [-0.3, -0.25) is 14.1 Å². The van der Waals surface area contributed by atoms with E-state index in [1.165, 1.54) is 6.07 Å². The van der Waals surface area contributed by atoms with E-state index in [0.717, 1.165) is 36.6 Å². The smallest absolute Gasteiger partial charge is 0.228 e. The Labute approximate surface area is 162 Å². The Kier molecular flexibility index (Phi) is 5.22. The summed E-state index contributed by atoms with van der Waals surface area (Å²) in [5.41, 5.74) is 1.52. The minimum Gasteiger partial charge on any atom is -0.341 e. The van der Waals surface area contributed by atoms with Crippen LogP contribution in [0.1, 0.15) is 24.1 Å². The number of fused-ring (bicyclic) bond motifs is 1. The average molecular weight is 386 g/mol. The molecule has 2 aromatic heterocycles. The first kappa shape index (κ1) is 18.1. The second-order valence-corrected chi connectivity index (χ2v) is 8.00. The van der Waals surface area contributed by atoms with Crippen LogP contribution in [0.4, 0.5) is 4.39 Å². The molecule has 1 amide bonds. The van der Waals surface area contributed by atoms with Gasteiger partial charge >= 0.3 is 0 Å². The van der Waals surface area contributed by atoms with Crippen molar-refractivity contribution < 1.29 is 9.18 Å². The topological polar surface area (TPSA) is 40.9 Å². The number of carbonyl (C=O) groups excluding carboxylic acids is 1. The van der Waals surface area contributed by atoms with E-state index in [-0.39, 0.29) is 17.8 Å². The van der Waals surface area contributed by atoms with Gasteiger partial charge in [0, 0.05) is 49.5 Å². The molecule has 0 aliphatic carbocycles. The number of hydrogen-bond donors (Lipinski definition) is 0. The molecule has 1 aliphatic heterocycles. The molecule has 4 rings (SSSR count). The third kappa shape index (κ3) is 4.04. The van der Waals surface area contributed by atoms with Gasteiger partial charge in [0.15, 0.2) is 4.96 Å². The molecule has 7 heteroatoms. The fourth-order valence-electron chi connectivity index (χ4n) is 3.70. The van der Waals surface area contributed by atoms with Crippen LogP contribution >= 0.6 is 11.3 Å². The van der Waals surface area contributed by atoms with Gasteiger partial charge in [-0.15, -0.1) is 11.3 Å². The highest BCUT2D eigenvalue weighted by atomic mass is 32.1. The number of nitrogens with zero attached hydrogens (tertiary/aromatic N) is 4. The lowest BCUT2D eigenvalue weighted by Gasteiger charge is -2.37. The average Bonchev–Trinajstić information content (AvgIpc) is 3.25. The lowest BCUT2D eigenvalue weighted by atomic mass is 10.0. The number of aromatic nitrogens is 2. The van der Waals surface area contributed by atoms with Crippen molar-refractivity contribution in [2.45, 2.75) is 31.8 Å². The van der Waals surface area contributed by atoms with Crippen LogP contribution < -0.4 is 0 Å². The third-order valence-corrected chi connectivity index (χ3v) is 6.02. The van der Waals surface area contributed by atoms with E-state index >= 15 is 0 Å². The van der Waals surface area contributed by atoms with E-state index in [1.54, 1.807) is 17.4 Å². The number of halogens is 1. The lowest BCUT2D eigenvalue weighted by molar-refractivity contribution is -0.132. The molecule has 1 atom stereocenters. The summed E-state index contributed by atoms with van der Waals surface area (Å²) >= 11 is 1.56. The van der Waals surface area contributed by atoms with Gasteiger partial charge in [-0.1, -0.05) is 18.2 Å². The molecule has 0 bridgehead atoms. The summed E-state index contributed by atoms with van der Waals surface area (Å²) in [6.45, 7) is 2.29. The van der Waals surface area contributed by atoms with Crippen molar-refractivity contribution in [1.29, 1.82) is 0 Å². The molecule has 1 fully saturated rings. The number of piperidine rings is 1. The van der Waals surface area contributed by atoms with Crippen LogP contribution in [0.25, 0.3) is 4.96 Å². The predicted octanol–water partition coefficient (Wildman–Crippen LogP) is 3.20. The van der Waals surface area contributed by atoms with E-state index in [9.17, 15) is 9.18 Å². The fourth-order valence-corrected chi connectivity index (χ4v) is 4.42. The molecule has 0 saturated carbocycles. The van der Waals surface area contributed by atoms with Crippen LogP contribution in [-0.4, -0.2) is 51.3 Å². The Morgan fingerprint density at radius 3 is 3.07 bits per heavy atom. The first-order valence-electron chi connectivity index (χ1n) is 9.22. The number of likely N-dealkylation sites (N-methyl/N-ethyl adjacent to an activating group) is 1. The summed E-state index contributed by atoms with van der Waals surface area (Å²) < 4.78 is 15.9. The van der Waals surface area contributed by atoms with Crippen LogP contribution in [-0.2, 0) is 17.8 Å². The molecule has 1 aliphatic rings. The molecule has 0 unspecified atom stereocenters. The number of rotatable bonds is 5. The SMILES string of the molecule is CN(C(=O)Cc1cn2ccsc2n1)[C@H]1CCCN(Cc2ccccc2F)C1. The zero-order valence-corrected chi connectivity index (χ0v) is 16.2. The van der Waals surface area contributed by atoms with Crippen molar-refractivity contribution in [2.75, 3.05) is 20.1 Å². The quantitative estimate of drug-likeness (QED) is 0.676. The van der Waals surface area contributed by atoms with Gasteiger partial charge in [-0.05, 0) is 25.5 Å². The van der Waals surface area contributed by atoms with Gasteiger partial charge < -0.3 is 4.90 Å². The maximum Gasteiger partial charge on any atom is 0.228 e. The van der Waals surface area contributed by atoms with Gasteiger partial charge in [-0.2, -0.15) is 0 Å². The molecule has 0 spiro atoms. The van der Waals surface area contributed by atoms with Crippen molar-refractivity contribution in [3.8, 4) is 0 Å². The standard InChI is InChI=1S/C20H23FN4OS/c1-23(19(26)11-16-13-25-9-10-27-20(25)22-16)17-6-4-8-24(14-17)12-15-5-2-3-7-18(15)21/h2-3,5,7,9-10,13,17H,4,6,8,11-12,14H2,1H3/t17-/m0/s1. The number of hydrogen-bond acceptors (Lipinski definition) is 4. The largest absolute Gasteiger partial charge is 0.341 e. The number of likely N-dealkylation sites (tertiary alicyclic amines) is 1. The predicted molar refractivity (Wildman–Crippen MR) is 104 cm³/mol. The van der Waals surface area contributed by atoms with Gasteiger partial charge in [0.1, 0.15) is 5.82 Å². The van der Waals surface area contributed by atoms with E-state index in [0.29, 0.717) is 18.5 Å². The van der Waals surface area contributed by atoms with E-state index in [2.05, 4.69) is 9.88 Å². The number of imidazole rings is 1. The number of amides is 1. The van der Waals surface area contributed by atoms with Crippen molar-refractivity contribution in [3.63, 3.8) is 0 Å². The molecule has 1 saturated heterocycles. The molecule has 27 heavy (non-hydrogen) atoms. The summed E-state index contributed by atoms with van der Waals surface area (Å²) in [7, 11) is 1.87. The van der Waals surface area contributed by atoms with E-state index in [4.69, 9.17) is 0 Å². The van der Waals surface area contributed by atoms with Crippen molar-refractivity contribution >= 4 is 22.2 Å². The van der Waals surface area contributed by atoms with E-state index < -0.39 is 0 Å². The molecular weight excluding hydrogens is 363 g/mol. The number of thiazole rings is 1. The Morgan fingerprint density at radius 2 is 2.26 bits per heavy atom. The van der Waals surface area contributed by atoms with Crippen LogP contribution in [0, 0.1) is 5.82 Å². The van der Waals surface area contributed by atoms with Gasteiger partial charge in [0.25, 0.3) is 0 Å². The number of benzene rings is 1. The molecule has 3 aromatic rings. The Morgan fingerprint density at radius 1 is 1.41 bits per heavy atom. The zero-order chi connectivity index (χ0) is 18.8. The van der Waals surface area contributed by atoms with Crippen LogP contribution in [0.5, 0.6) is 0 Å². The maximum atomic E-state index is 13.9. The minimum absolute atomic E-state index is 0.0819. The second-order valence-electron chi connectivity index (χ2n) is 7.13. The normalized spacial score (nSPS) is 18.1. The van der Waals surface area contributed by atoms with Crippen LogP contribution in [0.2, 0.25) is 0 Å². The lowest BCUT2D eigenvalue weighted by Crippen LogP contribution is -2.48. The second kappa shape index (κ2) is 7.78. The zero-order valence-electron chi connectivity index (χ0n) is 15.3. The van der Waals surface area contributed by atoms with Gasteiger partial charge in [0.2, 0.25) is 5.91 Å². The van der Waals surface area contributed by atoms with Gasteiger partial charge in [-0.25, -0.2) is 9.37 Å². The van der Waals surface area contributed by atoms with Crippen LogP contribution in [0.15, 0.2) is 42.0 Å². The Bertz CT molecular complexity index is 908. The molecular formula is C20H23FN4OS. The fraction of sp³-hybridized carbons (Fsp3) is 0.400. The van der Waals surface area contributed by atoms with Crippen molar-refractivity contribution in [1.82, 2.24) is 19.2 Å². The first-order chi connectivity index (χ1) is 13.1. The van der Waals surface area contributed by atoms with Crippen LogP contribution in [0.3, 0.4) is 0 Å². The summed E-state index contributed by atoms with van der Waals surface area (Å²) in [6.07, 6.45) is 6.18. The number of carbonyl (C=O) groups is 1. The first-order valence-corrected chi connectivity index (χ1v) is 10.1. The van der Waals surface area contributed by atoms with Gasteiger partial charge in [0.05, 0.1) is 12.1 Å². The highest BCUT2D eigenvalue weighted by Gasteiger charge is 2.27. The molecule has 142 valence electrons. The monoisotopic (exact) mass is 386 g/mol. The third-order valence-electron chi connectivity index (χ3n) is 5.25. The maximum absolute atomic E-state index is 13.9. The Balaban J connectivity index is 1.37. The van der Waals surface area contributed by atoms with E-state index in [1.807, 2.05) is 46.3 Å². The molecule has 0 radical (unpaired) electrons. The van der Waals surface area contributed by atoms with Crippen molar-refractivity contribution in [3.05, 3.63) is 59.1 Å². The summed E-state index contributed by atoms with van der Waals surface area (Å²) in [4.78, 5) is 22.2. The summed E-state index contributed by atoms with van der Waals surface area (Å²) in [6, 6.07) is 7.07. The highest BCUT2D eigenvalue weighted by Crippen LogP contribution is 2.19. The summed E-state index contributed by atoms with van der Waals surface area (Å²) in [5, 5.41) is 1.98.